The molecule has 10 heteroatoms. The number of amides is 1. The van der Waals surface area contributed by atoms with Gasteiger partial charge in [0.25, 0.3) is 11.7 Å². The Morgan fingerprint density at radius 1 is 1.42 bits per heavy atom. The number of ether oxygens (including phenoxy) is 3. The van der Waals surface area contributed by atoms with E-state index >= 15 is 0 Å². The molecule has 1 aromatic heterocycles. The van der Waals surface area contributed by atoms with Crippen molar-refractivity contribution < 1.29 is 28.7 Å². The Morgan fingerprint density at radius 3 is 2.75 bits per heavy atom. The van der Waals surface area contributed by atoms with Crippen molar-refractivity contribution in [2.24, 2.45) is 0 Å². The number of nitro groups is 1. The lowest BCUT2D eigenvalue weighted by Crippen LogP contribution is -2.54. The van der Waals surface area contributed by atoms with Crippen LogP contribution in [0, 0.1) is 10.1 Å². The van der Waals surface area contributed by atoms with Crippen LogP contribution in [0.15, 0.2) is 12.1 Å². The SMILES string of the molecule is COCCOC(=O)CN1C(=O)C(C)(C)Oc2ccc([N+](=O)[O-])nc21. The van der Waals surface area contributed by atoms with Gasteiger partial charge in [-0.1, -0.05) is 0 Å². The van der Waals surface area contributed by atoms with Gasteiger partial charge in [-0.3, -0.25) is 14.5 Å². The fourth-order valence-electron chi connectivity index (χ4n) is 2.10. The summed E-state index contributed by atoms with van der Waals surface area (Å²) in [6.45, 7) is 2.88. The van der Waals surface area contributed by atoms with E-state index in [0.29, 0.717) is 0 Å². The maximum Gasteiger partial charge on any atom is 0.366 e. The number of nitrogens with zero attached hydrogens (tertiary/aromatic N) is 3. The molecule has 130 valence electrons. The van der Waals surface area contributed by atoms with Crippen LogP contribution >= 0.6 is 0 Å². The minimum atomic E-state index is -1.24. The zero-order valence-corrected chi connectivity index (χ0v) is 13.5. The molecule has 0 aliphatic carbocycles. The van der Waals surface area contributed by atoms with E-state index in [2.05, 4.69) is 4.98 Å². The third kappa shape index (κ3) is 3.59. The van der Waals surface area contributed by atoms with Crippen molar-refractivity contribution in [3.63, 3.8) is 0 Å². The molecule has 2 rings (SSSR count). The molecule has 0 spiro atoms. The molecule has 0 fully saturated rings. The Balaban J connectivity index is 2.31. The zero-order chi connectivity index (χ0) is 17.9. The van der Waals surface area contributed by atoms with Gasteiger partial charge in [0.15, 0.2) is 11.4 Å². The predicted molar refractivity (Wildman–Crippen MR) is 80.8 cm³/mol. The van der Waals surface area contributed by atoms with Crippen molar-refractivity contribution in [1.29, 1.82) is 0 Å². The Hall–Kier alpha value is -2.75. The molecule has 1 aromatic rings. The normalized spacial score (nSPS) is 15.5. The Bertz CT molecular complexity index is 674. The summed E-state index contributed by atoms with van der Waals surface area (Å²) in [5.74, 6) is -1.60. The van der Waals surface area contributed by atoms with Gasteiger partial charge in [-0.2, -0.15) is 0 Å². The first-order valence-corrected chi connectivity index (χ1v) is 7.07. The molecule has 1 amide bonds. The topological polar surface area (TPSA) is 121 Å². The highest BCUT2D eigenvalue weighted by atomic mass is 16.6. The summed E-state index contributed by atoms with van der Waals surface area (Å²) in [6, 6.07) is 2.51. The summed E-state index contributed by atoms with van der Waals surface area (Å²) >= 11 is 0. The molecule has 0 N–H and O–H groups in total. The second kappa shape index (κ2) is 6.79. The van der Waals surface area contributed by atoms with Gasteiger partial charge in [-0.25, -0.2) is 0 Å². The Labute approximate surface area is 137 Å². The first-order valence-electron chi connectivity index (χ1n) is 7.07. The molecule has 0 bridgehead atoms. The van der Waals surface area contributed by atoms with Gasteiger partial charge in [-0.05, 0) is 29.8 Å². The quantitative estimate of drug-likeness (QED) is 0.321. The van der Waals surface area contributed by atoms with Gasteiger partial charge in [0.1, 0.15) is 13.2 Å². The van der Waals surface area contributed by atoms with E-state index in [9.17, 15) is 19.7 Å². The van der Waals surface area contributed by atoms with Crippen LogP contribution in [0.1, 0.15) is 13.8 Å². The highest BCUT2D eigenvalue weighted by molar-refractivity contribution is 6.04. The van der Waals surface area contributed by atoms with Crippen LogP contribution < -0.4 is 9.64 Å². The number of hydrogen-bond acceptors (Lipinski definition) is 8. The number of pyridine rings is 1. The molecule has 1 aliphatic rings. The molecule has 0 aromatic carbocycles. The number of anilines is 1. The average molecular weight is 339 g/mol. The van der Waals surface area contributed by atoms with Crippen molar-refractivity contribution in [2.45, 2.75) is 19.4 Å². The molecule has 2 heterocycles. The lowest BCUT2D eigenvalue weighted by molar-refractivity contribution is -0.389. The van der Waals surface area contributed by atoms with Crippen LogP contribution in [0.25, 0.3) is 0 Å². The van der Waals surface area contributed by atoms with E-state index < -0.39 is 34.8 Å². The predicted octanol–water partition coefficient (Wildman–Crippen LogP) is 0.683. The van der Waals surface area contributed by atoms with Crippen molar-refractivity contribution in [3.8, 4) is 5.75 Å². The molecule has 0 atom stereocenters. The number of rotatable bonds is 6. The first kappa shape index (κ1) is 17.6. The second-order valence-corrected chi connectivity index (χ2v) is 5.47. The Morgan fingerprint density at radius 2 is 2.12 bits per heavy atom. The van der Waals surface area contributed by atoms with Crippen LogP contribution in [0.3, 0.4) is 0 Å². The summed E-state index contributed by atoms with van der Waals surface area (Å²) in [6.07, 6.45) is 0. The third-order valence-corrected chi connectivity index (χ3v) is 3.23. The number of carbonyl (C=O) groups is 2. The van der Waals surface area contributed by atoms with Crippen molar-refractivity contribution >= 4 is 23.5 Å². The lowest BCUT2D eigenvalue weighted by Gasteiger charge is -2.35. The van der Waals surface area contributed by atoms with Crippen LogP contribution in [-0.4, -0.2) is 54.3 Å². The smallest absolute Gasteiger partial charge is 0.366 e. The summed E-state index contributed by atoms with van der Waals surface area (Å²) in [5, 5.41) is 10.9. The summed E-state index contributed by atoms with van der Waals surface area (Å²) in [7, 11) is 1.46. The van der Waals surface area contributed by atoms with Crippen LogP contribution in [0.5, 0.6) is 5.75 Å². The molecular formula is C14H17N3O7. The molecule has 10 nitrogen and oxygen atoms in total. The van der Waals surface area contributed by atoms with Gasteiger partial charge < -0.3 is 24.3 Å². The van der Waals surface area contributed by atoms with Gasteiger partial charge in [-0.15, -0.1) is 0 Å². The number of hydrogen-bond donors (Lipinski definition) is 0. The number of methoxy groups -OCH3 is 1. The largest absolute Gasteiger partial charge is 0.472 e. The van der Waals surface area contributed by atoms with Gasteiger partial charge in [0.2, 0.25) is 0 Å². The average Bonchev–Trinajstić information content (AvgIpc) is 2.51. The standard InChI is InChI=1S/C14H17N3O7/c1-14(2)13(19)16(8-11(18)23-7-6-22-3)12-9(24-14)4-5-10(15-12)17(20)21/h4-5H,6-8H2,1-3H3. The molecule has 0 radical (unpaired) electrons. The number of aromatic nitrogens is 1. The highest BCUT2D eigenvalue weighted by Gasteiger charge is 2.45. The molecular weight excluding hydrogens is 322 g/mol. The van der Waals surface area contributed by atoms with Crippen molar-refractivity contribution in [2.75, 3.05) is 31.8 Å². The minimum Gasteiger partial charge on any atom is -0.472 e. The summed E-state index contributed by atoms with van der Waals surface area (Å²) in [4.78, 5) is 39.4. The van der Waals surface area contributed by atoms with E-state index in [-0.39, 0.29) is 24.8 Å². The molecule has 0 saturated carbocycles. The van der Waals surface area contributed by atoms with E-state index in [1.54, 1.807) is 0 Å². The highest BCUT2D eigenvalue weighted by Crippen LogP contribution is 2.37. The summed E-state index contributed by atoms with van der Waals surface area (Å²) < 4.78 is 15.2. The summed E-state index contributed by atoms with van der Waals surface area (Å²) in [5.41, 5.74) is -1.24. The fourth-order valence-corrected chi connectivity index (χ4v) is 2.10. The molecule has 0 unspecified atom stereocenters. The van der Waals surface area contributed by atoms with Crippen molar-refractivity contribution in [1.82, 2.24) is 4.98 Å². The maximum absolute atomic E-state index is 12.5. The minimum absolute atomic E-state index is 0.0342. The van der Waals surface area contributed by atoms with Crippen LogP contribution in [0.4, 0.5) is 11.6 Å². The third-order valence-electron chi connectivity index (χ3n) is 3.23. The zero-order valence-electron chi connectivity index (χ0n) is 13.5. The fraction of sp³-hybridized carbons (Fsp3) is 0.500. The number of fused-ring (bicyclic) bond motifs is 1. The van der Waals surface area contributed by atoms with E-state index in [1.165, 1.54) is 33.1 Å². The number of esters is 1. The number of carbonyl (C=O) groups excluding carboxylic acids is 2. The van der Waals surface area contributed by atoms with Gasteiger partial charge in [0, 0.05) is 13.2 Å². The maximum atomic E-state index is 12.5. The monoisotopic (exact) mass is 339 g/mol. The van der Waals surface area contributed by atoms with E-state index in [4.69, 9.17) is 14.2 Å². The molecule has 1 aliphatic heterocycles. The molecule has 24 heavy (non-hydrogen) atoms. The Kier molecular flexibility index (Phi) is 4.98. The second-order valence-electron chi connectivity index (χ2n) is 5.47. The van der Waals surface area contributed by atoms with E-state index in [0.717, 1.165) is 4.90 Å². The van der Waals surface area contributed by atoms with Crippen molar-refractivity contribution in [3.05, 3.63) is 22.2 Å². The van der Waals surface area contributed by atoms with Gasteiger partial charge in [0.05, 0.1) is 6.61 Å². The first-order chi connectivity index (χ1) is 11.3. The van der Waals surface area contributed by atoms with Crippen LogP contribution in [-0.2, 0) is 19.1 Å². The lowest BCUT2D eigenvalue weighted by atomic mass is 10.1. The van der Waals surface area contributed by atoms with E-state index in [1.807, 2.05) is 0 Å². The van der Waals surface area contributed by atoms with Gasteiger partial charge >= 0.3 is 11.8 Å². The van der Waals surface area contributed by atoms with Crippen LogP contribution in [0.2, 0.25) is 0 Å². The molecule has 0 saturated heterocycles.